The molecule has 9 heavy (non-hydrogen) atoms. The summed E-state index contributed by atoms with van der Waals surface area (Å²) in [6.07, 6.45) is -0.00926. The monoisotopic (exact) mass is 129 g/mol. The molecule has 0 rings (SSSR count). The molecule has 0 radical (unpaired) electrons. The van der Waals surface area contributed by atoms with E-state index in [-0.39, 0.29) is 12.3 Å². The zero-order valence-corrected chi connectivity index (χ0v) is 6.11. The summed E-state index contributed by atoms with van der Waals surface area (Å²) in [4.78, 5) is 0. The SMILES string of the molecule is CC(C)C(C)(F)CC#N. The second kappa shape index (κ2) is 2.82. The lowest BCUT2D eigenvalue weighted by Gasteiger charge is -2.20. The highest BCUT2D eigenvalue weighted by Crippen LogP contribution is 2.24. The smallest absolute Gasteiger partial charge is 0.123 e. The number of halogens is 1. The van der Waals surface area contributed by atoms with E-state index in [1.54, 1.807) is 13.8 Å². The van der Waals surface area contributed by atoms with Gasteiger partial charge in [-0.1, -0.05) is 13.8 Å². The maximum Gasteiger partial charge on any atom is 0.123 e. The molecule has 0 heterocycles. The standard InChI is InChI=1S/C7H12FN/c1-6(2)7(3,8)4-5-9/h6H,4H2,1-3H3. The van der Waals surface area contributed by atoms with Gasteiger partial charge in [0, 0.05) is 0 Å². The third-order valence-electron chi connectivity index (χ3n) is 1.63. The molecule has 0 N–H and O–H groups in total. The third kappa shape index (κ3) is 2.46. The van der Waals surface area contributed by atoms with E-state index in [0.29, 0.717) is 0 Å². The van der Waals surface area contributed by atoms with Gasteiger partial charge < -0.3 is 0 Å². The largest absolute Gasteiger partial charge is 0.243 e. The van der Waals surface area contributed by atoms with E-state index in [1.807, 2.05) is 6.07 Å². The van der Waals surface area contributed by atoms with Gasteiger partial charge in [-0.15, -0.1) is 0 Å². The van der Waals surface area contributed by atoms with Crippen LogP contribution in [0.2, 0.25) is 0 Å². The Kier molecular flexibility index (Phi) is 2.64. The molecule has 1 unspecified atom stereocenters. The molecule has 1 nitrogen and oxygen atoms in total. The summed E-state index contributed by atoms with van der Waals surface area (Å²) < 4.78 is 13.0. The number of hydrogen-bond acceptors (Lipinski definition) is 1. The molecular weight excluding hydrogens is 117 g/mol. The molecule has 0 spiro atoms. The van der Waals surface area contributed by atoms with Crippen LogP contribution in [0.15, 0.2) is 0 Å². The summed E-state index contributed by atoms with van der Waals surface area (Å²) >= 11 is 0. The van der Waals surface area contributed by atoms with Gasteiger partial charge in [0.05, 0.1) is 12.5 Å². The third-order valence-corrected chi connectivity index (χ3v) is 1.63. The first kappa shape index (κ1) is 8.42. The first-order valence-electron chi connectivity index (χ1n) is 3.06. The van der Waals surface area contributed by atoms with Crippen LogP contribution < -0.4 is 0 Å². The van der Waals surface area contributed by atoms with E-state index in [2.05, 4.69) is 0 Å². The van der Waals surface area contributed by atoms with Gasteiger partial charge in [-0.05, 0) is 12.8 Å². The summed E-state index contributed by atoms with van der Waals surface area (Å²) in [5.41, 5.74) is -1.31. The molecule has 0 bridgehead atoms. The second-order valence-electron chi connectivity index (χ2n) is 2.77. The number of alkyl halides is 1. The zero-order valence-electron chi connectivity index (χ0n) is 6.11. The first-order chi connectivity index (χ1) is 4.00. The van der Waals surface area contributed by atoms with E-state index in [1.165, 1.54) is 6.92 Å². The molecule has 1 atom stereocenters. The van der Waals surface area contributed by atoms with E-state index in [9.17, 15) is 4.39 Å². The molecular formula is C7H12FN. The quantitative estimate of drug-likeness (QED) is 0.561. The minimum atomic E-state index is -1.31. The van der Waals surface area contributed by atoms with E-state index >= 15 is 0 Å². The van der Waals surface area contributed by atoms with Gasteiger partial charge in [-0.25, -0.2) is 4.39 Å². The van der Waals surface area contributed by atoms with E-state index in [0.717, 1.165) is 0 Å². The highest BCUT2D eigenvalue weighted by molar-refractivity contribution is 4.87. The Morgan fingerprint density at radius 1 is 1.67 bits per heavy atom. The summed E-state index contributed by atoms with van der Waals surface area (Å²) in [7, 11) is 0. The lowest BCUT2D eigenvalue weighted by Crippen LogP contribution is -2.24. The van der Waals surface area contributed by atoms with Crippen LogP contribution in [0.5, 0.6) is 0 Å². The number of hydrogen-bond donors (Lipinski definition) is 0. The molecule has 0 aliphatic carbocycles. The molecule has 0 fully saturated rings. The Morgan fingerprint density at radius 3 is 2.22 bits per heavy atom. The van der Waals surface area contributed by atoms with Gasteiger partial charge in [0.2, 0.25) is 0 Å². The predicted octanol–water partition coefficient (Wildman–Crippen LogP) is 2.28. The molecule has 0 aromatic carbocycles. The van der Waals surface area contributed by atoms with Crippen molar-refractivity contribution < 1.29 is 4.39 Å². The Morgan fingerprint density at radius 2 is 2.11 bits per heavy atom. The number of nitrogens with zero attached hydrogens (tertiary/aromatic N) is 1. The minimum Gasteiger partial charge on any atom is -0.243 e. The van der Waals surface area contributed by atoms with Crippen LogP contribution in [0.4, 0.5) is 4.39 Å². The van der Waals surface area contributed by atoms with Crippen molar-refractivity contribution in [1.82, 2.24) is 0 Å². The van der Waals surface area contributed by atoms with E-state index < -0.39 is 5.67 Å². The molecule has 0 aromatic heterocycles. The van der Waals surface area contributed by atoms with Crippen LogP contribution in [0, 0.1) is 17.2 Å². The number of rotatable bonds is 2. The first-order valence-corrected chi connectivity index (χ1v) is 3.06. The van der Waals surface area contributed by atoms with Crippen LogP contribution >= 0.6 is 0 Å². The topological polar surface area (TPSA) is 23.8 Å². The predicted molar refractivity (Wildman–Crippen MR) is 34.6 cm³/mol. The molecule has 0 aliphatic heterocycles. The average Bonchev–Trinajstić information content (AvgIpc) is 1.65. The van der Waals surface area contributed by atoms with Crippen LogP contribution in [0.1, 0.15) is 27.2 Å². The fraction of sp³-hybridized carbons (Fsp3) is 0.857. The second-order valence-corrected chi connectivity index (χ2v) is 2.77. The summed E-state index contributed by atoms with van der Waals surface area (Å²) in [6, 6.07) is 1.81. The molecule has 0 amide bonds. The number of nitriles is 1. The van der Waals surface area contributed by atoms with Crippen LogP contribution in [0.3, 0.4) is 0 Å². The van der Waals surface area contributed by atoms with Crippen LogP contribution in [-0.4, -0.2) is 5.67 Å². The van der Waals surface area contributed by atoms with E-state index in [4.69, 9.17) is 5.26 Å². The summed E-state index contributed by atoms with van der Waals surface area (Å²) in [5, 5.41) is 8.16. The zero-order chi connectivity index (χ0) is 7.49. The fourth-order valence-corrected chi connectivity index (χ4v) is 0.359. The highest BCUT2D eigenvalue weighted by atomic mass is 19.1. The summed E-state index contributed by atoms with van der Waals surface area (Å²) in [5.74, 6) is -0.0721. The molecule has 0 aromatic rings. The van der Waals surface area contributed by atoms with Gasteiger partial charge in [0.1, 0.15) is 5.67 Å². The van der Waals surface area contributed by atoms with Crippen molar-refractivity contribution in [3.8, 4) is 6.07 Å². The lowest BCUT2D eigenvalue weighted by molar-refractivity contribution is 0.129. The maximum absolute atomic E-state index is 13.0. The molecule has 2 heteroatoms. The van der Waals surface area contributed by atoms with Gasteiger partial charge >= 0.3 is 0 Å². The van der Waals surface area contributed by atoms with Crippen molar-refractivity contribution in [3.63, 3.8) is 0 Å². The molecule has 0 aliphatic rings. The van der Waals surface area contributed by atoms with Gasteiger partial charge in [0.15, 0.2) is 0 Å². The van der Waals surface area contributed by atoms with Crippen LogP contribution in [0.25, 0.3) is 0 Å². The van der Waals surface area contributed by atoms with Gasteiger partial charge in [-0.2, -0.15) is 5.26 Å². The Hall–Kier alpha value is -0.580. The highest BCUT2D eigenvalue weighted by Gasteiger charge is 2.26. The van der Waals surface area contributed by atoms with Gasteiger partial charge in [-0.3, -0.25) is 0 Å². The Bertz CT molecular complexity index is 121. The summed E-state index contributed by atoms with van der Waals surface area (Å²) in [6.45, 7) is 5.01. The minimum absolute atomic E-state index is 0.00926. The molecule has 52 valence electrons. The van der Waals surface area contributed by atoms with Crippen molar-refractivity contribution in [2.24, 2.45) is 5.92 Å². The normalized spacial score (nSPS) is 16.9. The van der Waals surface area contributed by atoms with Crippen LogP contribution in [-0.2, 0) is 0 Å². The van der Waals surface area contributed by atoms with Crippen molar-refractivity contribution in [2.45, 2.75) is 32.9 Å². The van der Waals surface area contributed by atoms with Crippen molar-refractivity contribution in [3.05, 3.63) is 0 Å². The Labute approximate surface area is 55.5 Å². The fourth-order valence-electron chi connectivity index (χ4n) is 0.359. The van der Waals surface area contributed by atoms with Crippen molar-refractivity contribution >= 4 is 0 Å². The maximum atomic E-state index is 13.0. The molecule has 0 saturated carbocycles. The lowest BCUT2D eigenvalue weighted by atomic mass is 9.92. The molecule has 0 saturated heterocycles. The average molecular weight is 129 g/mol. The van der Waals surface area contributed by atoms with Crippen molar-refractivity contribution in [1.29, 1.82) is 5.26 Å². The van der Waals surface area contributed by atoms with Gasteiger partial charge in [0.25, 0.3) is 0 Å². The Balaban J connectivity index is 3.89. The van der Waals surface area contributed by atoms with Crippen molar-refractivity contribution in [2.75, 3.05) is 0 Å².